The Labute approximate surface area is 227 Å². The molecule has 0 unspecified atom stereocenters. The molecule has 0 saturated carbocycles. The molecule has 7 nitrogen and oxygen atoms in total. The number of amides is 1. The van der Waals surface area contributed by atoms with Crippen LogP contribution in [0.15, 0.2) is 0 Å². The lowest BCUT2D eigenvalue weighted by Crippen LogP contribution is -2.67. The molecule has 1 aliphatic rings. The molecule has 1 amide bonds. The van der Waals surface area contributed by atoms with Crippen LogP contribution in [-0.2, 0) is 9.53 Å². The van der Waals surface area contributed by atoms with Gasteiger partial charge in [0.05, 0.1) is 12.6 Å². The highest BCUT2D eigenvalue weighted by molar-refractivity contribution is 5.76. The maximum atomic E-state index is 13.3. The second kappa shape index (κ2) is 22.1. The van der Waals surface area contributed by atoms with E-state index in [0.29, 0.717) is 13.0 Å². The number of unbranched alkanes of at least 4 members (excludes halogenated alkanes) is 17. The Kier molecular flexibility index (Phi) is 20.5. The van der Waals surface area contributed by atoms with Crippen molar-refractivity contribution in [3.63, 3.8) is 0 Å². The third-order valence-corrected chi connectivity index (χ3v) is 7.82. The Hall–Kier alpha value is -0.730. The molecule has 1 rings (SSSR count). The summed E-state index contributed by atoms with van der Waals surface area (Å²) in [6.45, 7) is 4.56. The van der Waals surface area contributed by atoms with Crippen molar-refractivity contribution in [3.05, 3.63) is 0 Å². The summed E-state index contributed by atoms with van der Waals surface area (Å²) in [7, 11) is 0. The first-order valence-electron chi connectivity index (χ1n) is 15.6. The van der Waals surface area contributed by atoms with E-state index in [2.05, 4.69) is 13.8 Å². The summed E-state index contributed by atoms with van der Waals surface area (Å²) in [5.74, 6) is -0.0143. The zero-order chi connectivity index (χ0) is 27.3. The summed E-state index contributed by atoms with van der Waals surface area (Å²) in [5, 5.41) is 30.2. The summed E-state index contributed by atoms with van der Waals surface area (Å²) in [6, 6.07) is -0.909. The molecule has 1 aliphatic heterocycles. The van der Waals surface area contributed by atoms with Gasteiger partial charge in [0.1, 0.15) is 18.3 Å². The largest absolute Gasteiger partial charge is 0.394 e. The van der Waals surface area contributed by atoms with Crippen molar-refractivity contribution < 1.29 is 24.9 Å². The fourth-order valence-electron chi connectivity index (χ4n) is 5.29. The van der Waals surface area contributed by atoms with E-state index in [1.807, 2.05) is 0 Å². The van der Waals surface area contributed by atoms with Gasteiger partial charge < -0.3 is 30.7 Å². The third kappa shape index (κ3) is 14.3. The Balaban J connectivity index is 2.49. The zero-order valence-electron chi connectivity index (χ0n) is 24.1. The van der Waals surface area contributed by atoms with E-state index in [1.165, 1.54) is 83.5 Å². The molecule has 0 aromatic heterocycles. The molecule has 0 spiro atoms. The SMILES string of the molecule is CCCCCCCCCCCCN(C(=O)CCCCCCCCCCC)[C@@H]1O[C@H](CO)[C@@H](O)[C@H](O)[C@H]1N. The van der Waals surface area contributed by atoms with Crippen LogP contribution < -0.4 is 5.73 Å². The highest BCUT2D eigenvalue weighted by Gasteiger charge is 2.45. The first kappa shape index (κ1) is 34.3. The van der Waals surface area contributed by atoms with E-state index < -0.39 is 37.2 Å². The molecule has 220 valence electrons. The van der Waals surface area contributed by atoms with Crippen LogP contribution in [0.1, 0.15) is 142 Å². The predicted octanol–water partition coefficient (Wildman–Crippen LogP) is 5.42. The van der Waals surface area contributed by atoms with Gasteiger partial charge in [0, 0.05) is 13.0 Å². The van der Waals surface area contributed by atoms with Crippen molar-refractivity contribution in [2.75, 3.05) is 13.2 Å². The first-order valence-corrected chi connectivity index (χ1v) is 15.6. The average Bonchev–Trinajstić information content (AvgIpc) is 2.90. The fraction of sp³-hybridized carbons (Fsp3) is 0.967. The number of hydrogen-bond acceptors (Lipinski definition) is 6. The van der Waals surface area contributed by atoms with Crippen LogP contribution in [0.25, 0.3) is 0 Å². The van der Waals surface area contributed by atoms with Crippen molar-refractivity contribution in [2.24, 2.45) is 5.73 Å². The predicted molar refractivity (Wildman–Crippen MR) is 151 cm³/mol. The average molecular weight is 529 g/mol. The lowest BCUT2D eigenvalue weighted by atomic mass is 9.95. The minimum Gasteiger partial charge on any atom is -0.394 e. The van der Waals surface area contributed by atoms with Crippen LogP contribution in [0.3, 0.4) is 0 Å². The summed E-state index contributed by atoms with van der Waals surface area (Å²) in [5.41, 5.74) is 6.22. The molecule has 1 heterocycles. The van der Waals surface area contributed by atoms with Crippen molar-refractivity contribution in [2.45, 2.75) is 173 Å². The second-order valence-electron chi connectivity index (χ2n) is 11.2. The van der Waals surface area contributed by atoms with Crippen molar-refractivity contribution in [3.8, 4) is 0 Å². The Bertz CT molecular complexity index is 548. The van der Waals surface area contributed by atoms with E-state index in [4.69, 9.17) is 10.5 Å². The molecule has 0 aromatic carbocycles. The minimum atomic E-state index is -1.26. The summed E-state index contributed by atoms with van der Waals surface area (Å²) in [6.07, 6.45) is 18.9. The summed E-state index contributed by atoms with van der Waals surface area (Å²) >= 11 is 0. The van der Waals surface area contributed by atoms with Gasteiger partial charge in [0.2, 0.25) is 5.91 Å². The van der Waals surface area contributed by atoms with Crippen LogP contribution >= 0.6 is 0 Å². The molecule has 0 aliphatic carbocycles. The number of aliphatic hydroxyl groups excluding tert-OH is 3. The number of rotatable bonds is 23. The topological polar surface area (TPSA) is 116 Å². The molecule has 0 radical (unpaired) electrons. The molecule has 1 saturated heterocycles. The van der Waals surface area contributed by atoms with E-state index in [1.54, 1.807) is 4.90 Å². The normalized spacial score (nSPS) is 23.9. The van der Waals surface area contributed by atoms with Crippen LogP contribution in [0.4, 0.5) is 0 Å². The summed E-state index contributed by atoms with van der Waals surface area (Å²) in [4.78, 5) is 14.9. The number of carbonyl (C=O) groups excluding carboxylic acids is 1. The third-order valence-electron chi connectivity index (χ3n) is 7.82. The number of ether oxygens (including phenoxy) is 1. The minimum absolute atomic E-state index is 0.0143. The van der Waals surface area contributed by atoms with Gasteiger partial charge in [-0.05, 0) is 12.8 Å². The van der Waals surface area contributed by atoms with Crippen molar-refractivity contribution in [1.82, 2.24) is 4.90 Å². The molecule has 5 atom stereocenters. The van der Waals surface area contributed by atoms with Gasteiger partial charge in [-0.2, -0.15) is 0 Å². The molecular weight excluding hydrogens is 468 g/mol. The van der Waals surface area contributed by atoms with Crippen LogP contribution in [0.5, 0.6) is 0 Å². The Morgan fingerprint density at radius 1 is 0.703 bits per heavy atom. The summed E-state index contributed by atoms with van der Waals surface area (Å²) < 4.78 is 5.87. The fourth-order valence-corrected chi connectivity index (χ4v) is 5.29. The molecule has 0 aromatic rings. The number of nitrogens with zero attached hydrogens (tertiary/aromatic N) is 1. The monoisotopic (exact) mass is 528 g/mol. The number of carbonyl (C=O) groups is 1. The first-order chi connectivity index (χ1) is 18.0. The number of nitrogens with two attached hydrogens (primary N) is 1. The smallest absolute Gasteiger partial charge is 0.224 e. The van der Waals surface area contributed by atoms with Gasteiger partial charge in [-0.1, -0.05) is 123 Å². The van der Waals surface area contributed by atoms with Crippen molar-refractivity contribution >= 4 is 5.91 Å². The molecule has 37 heavy (non-hydrogen) atoms. The molecular formula is C30H60N2O5. The van der Waals surface area contributed by atoms with Gasteiger partial charge >= 0.3 is 0 Å². The van der Waals surface area contributed by atoms with Crippen LogP contribution in [-0.4, -0.2) is 69.9 Å². The van der Waals surface area contributed by atoms with E-state index in [0.717, 1.165) is 38.5 Å². The quantitative estimate of drug-likeness (QED) is 0.132. The van der Waals surface area contributed by atoms with Gasteiger partial charge in [-0.15, -0.1) is 0 Å². The second-order valence-corrected chi connectivity index (χ2v) is 11.2. The lowest BCUT2D eigenvalue weighted by Gasteiger charge is -2.45. The van der Waals surface area contributed by atoms with Gasteiger partial charge in [-0.3, -0.25) is 4.79 Å². The molecule has 0 bridgehead atoms. The highest BCUT2D eigenvalue weighted by atomic mass is 16.5. The van der Waals surface area contributed by atoms with E-state index in [-0.39, 0.29) is 5.91 Å². The number of hydrogen-bond donors (Lipinski definition) is 4. The zero-order valence-corrected chi connectivity index (χ0v) is 24.1. The molecule has 1 fully saturated rings. The maximum Gasteiger partial charge on any atom is 0.224 e. The molecule has 7 heteroatoms. The Morgan fingerprint density at radius 3 is 1.59 bits per heavy atom. The highest BCUT2D eigenvalue weighted by Crippen LogP contribution is 2.24. The van der Waals surface area contributed by atoms with Crippen LogP contribution in [0, 0.1) is 0 Å². The van der Waals surface area contributed by atoms with E-state index >= 15 is 0 Å². The van der Waals surface area contributed by atoms with E-state index in [9.17, 15) is 20.1 Å². The van der Waals surface area contributed by atoms with Crippen molar-refractivity contribution in [1.29, 1.82) is 0 Å². The van der Waals surface area contributed by atoms with Gasteiger partial charge in [0.15, 0.2) is 6.23 Å². The van der Waals surface area contributed by atoms with Gasteiger partial charge in [-0.25, -0.2) is 0 Å². The maximum absolute atomic E-state index is 13.3. The standard InChI is InChI=1S/C30H60N2O5/c1-3-5-7-9-11-13-15-17-19-21-23-32(30-27(31)29(36)28(35)25(24-33)37-30)26(34)22-20-18-16-14-12-10-8-6-4-2/h25,27-30,33,35-36H,3-24,31H2,1-2H3/t25-,27-,28-,29-,30-/m1/s1. The van der Waals surface area contributed by atoms with Crippen LogP contribution in [0.2, 0.25) is 0 Å². The van der Waals surface area contributed by atoms with Gasteiger partial charge in [0.25, 0.3) is 0 Å². The lowest BCUT2D eigenvalue weighted by molar-refractivity contribution is -0.226. The number of aliphatic hydroxyl groups is 3. The molecule has 5 N–H and O–H groups in total. The Morgan fingerprint density at radius 2 is 1.14 bits per heavy atom.